The van der Waals surface area contributed by atoms with E-state index in [0.717, 1.165) is 39.0 Å². The normalized spacial score (nSPS) is 12.3. The quantitative estimate of drug-likeness (QED) is 0.269. The molecule has 0 saturated heterocycles. The summed E-state index contributed by atoms with van der Waals surface area (Å²) >= 11 is 0. The Morgan fingerprint density at radius 2 is 1.56 bits per heavy atom. The van der Waals surface area contributed by atoms with Gasteiger partial charge in [-0.05, 0) is 40.9 Å². The zero-order valence-corrected chi connectivity index (χ0v) is 24.3. The highest BCUT2D eigenvalue weighted by molar-refractivity contribution is 6.99. The molecule has 3 aromatic heterocycles. The van der Waals surface area contributed by atoms with E-state index in [1.165, 1.54) is 10.4 Å². The fourth-order valence-corrected chi connectivity index (χ4v) is 10.2. The second-order valence-corrected chi connectivity index (χ2v) is 15.3. The number of rotatable bonds is 8. The van der Waals surface area contributed by atoms with Crippen molar-refractivity contribution >= 4 is 29.7 Å². The van der Waals surface area contributed by atoms with Gasteiger partial charge in [0.2, 0.25) is 0 Å². The number of benzene rings is 2. The third kappa shape index (κ3) is 4.82. The summed E-state index contributed by atoms with van der Waals surface area (Å²) in [5, 5.41) is 18.5. The summed E-state index contributed by atoms with van der Waals surface area (Å²) in [6.07, 6.45) is 5.52. The van der Waals surface area contributed by atoms with E-state index >= 15 is 0 Å². The number of hydrogen-bond acceptors (Lipinski definition) is 5. The van der Waals surface area contributed by atoms with Crippen LogP contribution in [0.3, 0.4) is 0 Å². The van der Waals surface area contributed by atoms with Gasteiger partial charge in [-0.1, -0.05) is 81.4 Å². The molecule has 0 atom stereocenters. The predicted molar refractivity (Wildman–Crippen MR) is 160 cm³/mol. The maximum atomic E-state index is 10.7. The summed E-state index contributed by atoms with van der Waals surface area (Å²) in [6.45, 7) is 11.7. The Bertz CT molecular complexity index is 1540. The van der Waals surface area contributed by atoms with Crippen LogP contribution < -0.4 is 10.4 Å². The summed E-state index contributed by atoms with van der Waals surface area (Å²) in [5.74, 6) is 0. The van der Waals surface area contributed by atoms with Gasteiger partial charge in [0.05, 0.1) is 25.1 Å². The van der Waals surface area contributed by atoms with Crippen LogP contribution in [0, 0.1) is 6.92 Å². The van der Waals surface area contributed by atoms with Crippen LogP contribution in [0.2, 0.25) is 5.04 Å². The number of aliphatic hydroxyl groups is 1. The van der Waals surface area contributed by atoms with E-state index in [-0.39, 0.29) is 18.3 Å². The maximum absolute atomic E-state index is 10.7. The van der Waals surface area contributed by atoms with Crippen LogP contribution in [0.5, 0.6) is 0 Å². The highest BCUT2D eigenvalue weighted by Gasteiger charge is 2.50. The first-order valence-corrected chi connectivity index (χ1v) is 15.4. The third-order valence-corrected chi connectivity index (χ3v) is 12.4. The largest absolute Gasteiger partial charge is 0.401 e. The number of pyridine rings is 2. The number of hydrogen-bond donors (Lipinski definition) is 1. The summed E-state index contributed by atoms with van der Waals surface area (Å²) in [5.41, 5.74) is 5.17. The van der Waals surface area contributed by atoms with Gasteiger partial charge in [-0.25, -0.2) is 9.67 Å². The molecule has 0 radical (unpaired) electrons. The smallest absolute Gasteiger partial charge is 0.261 e. The van der Waals surface area contributed by atoms with Crippen LogP contribution in [0.25, 0.3) is 22.2 Å². The molecule has 0 fully saturated rings. The molecule has 6 nitrogen and oxygen atoms in total. The SMILES string of the molecule is CCn1ncc2c(-c3cncc(C)c3)c(CO)c(CO[Si](c3ccccc3)(c3ccccc3)C(C)(C)C)nc21. The highest BCUT2D eigenvalue weighted by Crippen LogP contribution is 2.39. The van der Waals surface area contributed by atoms with E-state index in [1.807, 2.05) is 42.3 Å². The average molecular weight is 537 g/mol. The minimum absolute atomic E-state index is 0.164. The van der Waals surface area contributed by atoms with E-state index in [4.69, 9.17) is 9.41 Å². The number of aliphatic hydroxyl groups excluding tert-OH is 1. The van der Waals surface area contributed by atoms with Gasteiger partial charge in [0.1, 0.15) is 0 Å². The molecule has 0 aliphatic heterocycles. The molecule has 5 aromatic rings. The summed E-state index contributed by atoms with van der Waals surface area (Å²) in [4.78, 5) is 9.52. The Kier molecular flexibility index (Phi) is 7.49. The number of aromatic nitrogens is 4. The second kappa shape index (κ2) is 10.8. The molecule has 200 valence electrons. The van der Waals surface area contributed by atoms with Crippen LogP contribution in [0.1, 0.15) is 44.5 Å². The summed E-state index contributed by atoms with van der Waals surface area (Å²) in [7, 11) is -2.80. The monoisotopic (exact) mass is 536 g/mol. The molecule has 0 amide bonds. The first-order valence-electron chi connectivity index (χ1n) is 13.4. The lowest BCUT2D eigenvalue weighted by molar-refractivity contribution is 0.260. The lowest BCUT2D eigenvalue weighted by Crippen LogP contribution is -2.66. The van der Waals surface area contributed by atoms with Crippen molar-refractivity contribution in [3.63, 3.8) is 0 Å². The van der Waals surface area contributed by atoms with Crippen molar-refractivity contribution in [1.29, 1.82) is 0 Å². The molecule has 0 bridgehead atoms. The first-order chi connectivity index (χ1) is 18.8. The second-order valence-electron chi connectivity index (χ2n) is 11.0. The molecular formula is C32H36N4O2Si. The summed E-state index contributed by atoms with van der Waals surface area (Å²) < 4.78 is 9.13. The molecule has 0 aliphatic rings. The van der Waals surface area contributed by atoms with Crippen molar-refractivity contribution in [2.75, 3.05) is 0 Å². The van der Waals surface area contributed by atoms with Gasteiger partial charge in [-0.2, -0.15) is 5.10 Å². The van der Waals surface area contributed by atoms with Crippen LogP contribution in [0.15, 0.2) is 85.3 Å². The Balaban J connectivity index is 1.72. The fraction of sp³-hybridized carbons (Fsp3) is 0.281. The molecule has 5 rings (SSSR count). The van der Waals surface area contributed by atoms with Gasteiger partial charge in [-0.3, -0.25) is 4.98 Å². The van der Waals surface area contributed by atoms with E-state index < -0.39 is 8.32 Å². The first kappa shape index (κ1) is 26.9. The lowest BCUT2D eigenvalue weighted by atomic mass is 9.97. The molecule has 2 aromatic carbocycles. The Morgan fingerprint density at radius 1 is 0.923 bits per heavy atom. The molecular weight excluding hydrogens is 500 g/mol. The zero-order chi connectivity index (χ0) is 27.6. The van der Waals surface area contributed by atoms with Crippen molar-refractivity contribution in [1.82, 2.24) is 19.7 Å². The van der Waals surface area contributed by atoms with Gasteiger partial charge >= 0.3 is 0 Å². The van der Waals surface area contributed by atoms with Crippen molar-refractivity contribution < 1.29 is 9.53 Å². The van der Waals surface area contributed by atoms with E-state index in [0.29, 0.717) is 6.54 Å². The molecule has 0 saturated carbocycles. The molecule has 7 heteroatoms. The maximum Gasteiger partial charge on any atom is 0.261 e. The third-order valence-electron chi connectivity index (χ3n) is 7.44. The van der Waals surface area contributed by atoms with E-state index in [1.54, 1.807) is 0 Å². The van der Waals surface area contributed by atoms with Gasteiger partial charge in [0.15, 0.2) is 5.65 Å². The Morgan fingerprint density at radius 3 is 2.10 bits per heavy atom. The van der Waals surface area contributed by atoms with Gasteiger partial charge in [0, 0.05) is 41.0 Å². The number of aryl methyl sites for hydroxylation is 2. The fourth-order valence-electron chi connectivity index (χ4n) is 5.66. The van der Waals surface area contributed by atoms with Crippen LogP contribution in [-0.2, 0) is 24.2 Å². The Labute approximate surface area is 231 Å². The molecule has 0 unspecified atom stereocenters. The molecule has 0 spiro atoms. The lowest BCUT2D eigenvalue weighted by Gasteiger charge is -2.43. The zero-order valence-electron chi connectivity index (χ0n) is 23.3. The summed E-state index contributed by atoms with van der Waals surface area (Å²) in [6, 6.07) is 23.3. The van der Waals surface area contributed by atoms with Crippen molar-refractivity contribution in [2.45, 2.75) is 59.4 Å². The number of nitrogens with zero attached hydrogens (tertiary/aromatic N) is 4. The standard InChI is InChI=1S/C32H36N4O2Si/c1-6-36-31-27(20-34-36)30(24-17-23(2)18-33-19-24)28(21-37)29(35-31)22-38-39(32(3,4)5,25-13-9-7-10-14-25)26-15-11-8-12-16-26/h7-20,37H,6,21-22H2,1-5H3. The van der Waals surface area contributed by atoms with E-state index in [9.17, 15) is 5.11 Å². The molecule has 3 heterocycles. The minimum Gasteiger partial charge on any atom is -0.401 e. The molecule has 39 heavy (non-hydrogen) atoms. The predicted octanol–water partition coefficient (Wildman–Crippen LogP) is 5.39. The van der Waals surface area contributed by atoms with Crippen molar-refractivity contribution in [3.05, 3.63) is 102 Å². The highest BCUT2D eigenvalue weighted by atomic mass is 28.4. The van der Waals surface area contributed by atoms with E-state index in [2.05, 4.69) is 92.4 Å². The average Bonchev–Trinajstić information content (AvgIpc) is 3.35. The van der Waals surface area contributed by atoms with Gasteiger partial charge in [-0.15, -0.1) is 0 Å². The van der Waals surface area contributed by atoms with Crippen molar-refractivity contribution in [3.8, 4) is 11.1 Å². The molecule has 1 N–H and O–H groups in total. The van der Waals surface area contributed by atoms with Gasteiger partial charge < -0.3 is 9.53 Å². The minimum atomic E-state index is -2.80. The topological polar surface area (TPSA) is 73.1 Å². The van der Waals surface area contributed by atoms with Crippen LogP contribution in [-0.4, -0.2) is 33.2 Å². The van der Waals surface area contributed by atoms with Crippen LogP contribution >= 0.6 is 0 Å². The van der Waals surface area contributed by atoms with Crippen LogP contribution in [0.4, 0.5) is 0 Å². The Hall–Kier alpha value is -3.65. The van der Waals surface area contributed by atoms with Crippen molar-refractivity contribution in [2.24, 2.45) is 0 Å². The van der Waals surface area contributed by atoms with Gasteiger partial charge in [0.25, 0.3) is 8.32 Å². The number of fused-ring (bicyclic) bond motifs is 1. The molecule has 0 aliphatic carbocycles.